The van der Waals surface area contributed by atoms with Crippen molar-refractivity contribution in [1.82, 2.24) is 10.3 Å². The van der Waals surface area contributed by atoms with Crippen LogP contribution in [0.4, 0.5) is 0 Å². The van der Waals surface area contributed by atoms with Gasteiger partial charge in [-0.2, -0.15) is 0 Å². The monoisotopic (exact) mass is 314 g/mol. The molecule has 22 heavy (non-hydrogen) atoms. The van der Waals surface area contributed by atoms with Crippen molar-refractivity contribution in [3.8, 4) is 10.4 Å². The molecule has 5 nitrogen and oxygen atoms in total. The second-order valence-electron chi connectivity index (χ2n) is 5.16. The average molecular weight is 314 g/mol. The zero-order valence-corrected chi connectivity index (χ0v) is 12.7. The van der Waals surface area contributed by atoms with Crippen LogP contribution in [0, 0.1) is 6.42 Å². The Balaban J connectivity index is 1.94. The quantitative estimate of drug-likeness (QED) is 0.827. The van der Waals surface area contributed by atoms with Crippen LogP contribution in [-0.2, 0) is 0 Å². The number of hydrogen-bond donors (Lipinski definition) is 2. The van der Waals surface area contributed by atoms with Gasteiger partial charge in [0.1, 0.15) is 5.69 Å². The number of benzene rings is 1. The summed E-state index contributed by atoms with van der Waals surface area (Å²) in [4.78, 5) is 28.8. The number of nitrogens with one attached hydrogen (secondary N) is 1. The Kier molecular flexibility index (Phi) is 4.31. The van der Waals surface area contributed by atoms with Gasteiger partial charge in [0.05, 0.1) is 11.3 Å². The SMILES string of the molecule is NC(=O)c1nc(C(=O)[CH]C2CCCN2)c(-c2ccccc2)s1. The summed E-state index contributed by atoms with van der Waals surface area (Å²) in [7, 11) is 0. The number of amides is 1. The minimum atomic E-state index is -0.611. The van der Waals surface area contributed by atoms with Crippen LogP contribution < -0.4 is 11.1 Å². The van der Waals surface area contributed by atoms with Crippen LogP contribution in [0.1, 0.15) is 33.1 Å². The summed E-state index contributed by atoms with van der Waals surface area (Å²) in [5, 5.41) is 3.42. The Bertz CT molecular complexity index is 691. The number of thiazole rings is 1. The summed E-state index contributed by atoms with van der Waals surface area (Å²) in [6.45, 7) is 0.920. The van der Waals surface area contributed by atoms with Crippen molar-refractivity contribution in [3.05, 3.63) is 47.5 Å². The molecule has 1 saturated heterocycles. The number of nitrogens with two attached hydrogens (primary N) is 1. The first-order chi connectivity index (χ1) is 10.6. The van der Waals surface area contributed by atoms with Gasteiger partial charge in [-0.1, -0.05) is 30.3 Å². The standard InChI is InChI=1S/C16H16N3O2S/c17-15(21)16-19-13(12(20)9-11-7-4-8-18-11)14(22-16)10-5-2-1-3-6-10/h1-3,5-6,9,11,18H,4,7-8H2,(H2,17,21). The zero-order chi connectivity index (χ0) is 15.5. The molecule has 1 atom stereocenters. The third-order valence-corrected chi connectivity index (χ3v) is 4.68. The van der Waals surface area contributed by atoms with Crippen LogP contribution >= 0.6 is 11.3 Å². The van der Waals surface area contributed by atoms with Gasteiger partial charge in [0.15, 0.2) is 10.8 Å². The maximum Gasteiger partial charge on any atom is 0.277 e. The van der Waals surface area contributed by atoms with Crippen LogP contribution in [0.15, 0.2) is 30.3 Å². The van der Waals surface area contributed by atoms with Crippen LogP contribution in [0.25, 0.3) is 10.4 Å². The molecule has 3 rings (SSSR count). The molecule has 1 radical (unpaired) electrons. The number of ketones is 1. The van der Waals surface area contributed by atoms with Crippen molar-refractivity contribution in [2.45, 2.75) is 18.9 Å². The molecule has 1 unspecified atom stereocenters. The molecule has 1 aromatic carbocycles. The molecule has 0 bridgehead atoms. The highest BCUT2D eigenvalue weighted by Crippen LogP contribution is 2.31. The van der Waals surface area contributed by atoms with E-state index in [4.69, 9.17) is 5.73 Å². The van der Waals surface area contributed by atoms with Crippen molar-refractivity contribution < 1.29 is 9.59 Å². The van der Waals surface area contributed by atoms with Gasteiger partial charge in [0.2, 0.25) is 0 Å². The van der Waals surface area contributed by atoms with Crippen LogP contribution in [0.2, 0.25) is 0 Å². The van der Waals surface area contributed by atoms with Crippen LogP contribution in [0.5, 0.6) is 0 Å². The predicted molar refractivity (Wildman–Crippen MR) is 85.7 cm³/mol. The molecule has 1 amide bonds. The number of hydrogen-bond acceptors (Lipinski definition) is 5. The minimum Gasteiger partial charge on any atom is -0.364 e. The van der Waals surface area contributed by atoms with Gasteiger partial charge in [-0.25, -0.2) is 4.98 Å². The number of nitrogens with zero attached hydrogens (tertiary/aromatic N) is 1. The highest BCUT2D eigenvalue weighted by molar-refractivity contribution is 7.17. The number of Topliss-reactive ketones (excluding diaryl/α,β-unsaturated/α-hetero) is 1. The van der Waals surface area contributed by atoms with Gasteiger partial charge in [0, 0.05) is 6.04 Å². The van der Waals surface area contributed by atoms with Gasteiger partial charge in [-0.05, 0) is 24.9 Å². The first-order valence-corrected chi connectivity index (χ1v) is 7.95. The molecular weight excluding hydrogens is 298 g/mol. The summed E-state index contributed by atoms with van der Waals surface area (Å²) in [6, 6.07) is 9.53. The second-order valence-corrected chi connectivity index (χ2v) is 6.16. The molecule has 1 aromatic heterocycles. The van der Waals surface area contributed by atoms with E-state index in [2.05, 4.69) is 10.3 Å². The normalized spacial score (nSPS) is 17.5. The number of carbonyl (C=O) groups excluding carboxylic acids is 2. The Morgan fingerprint density at radius 2 is 2.09 bits per heavy atom. The molecule has 1 aliphatic rings. The molecule has 2 aromatic rings. The molecule has 1 aliphatic heterocycles. The van der Waals surface area contributed by atoms with E-state index in [1.807, 2.05) is 30.3 Å². The predicted octanol–water partition coefficient (Wildman–Crippen LogP) is 2.05. The summed E-state index contributed by atoms with van der Waals surface area (Å²) in [5.74, 6) is -0.776. The number of carbonyl (C=O) groups is 2. The first-order valence-electron chi connectivity index (χ1n) is 7.14. The molecule has 6 heteroatoms. The summed E-state index contributed by atoms with van der Waals surface area (Å²) in [5.41, 5.74) is 6.48. The van der Waals surface area contributed by atoms with Crippen molar-refractivity contribution in [1.29, 1.82) is 0 Å². The minimum absolute atomic E-state index is 0.0786. The fourth-order valence-electron chi connectivity index (χ4n) is 2.49. The topological polar surface area (TPSA) is 85.1 Å². The van der Waals surface area contributed by atoms with Gasteiger partial charge < -0.3 is 11.1 Å². The Morgan fingerprint density at radius 3 is 2.73 bits per heavy atom. The lowest BCUT2D eigenvalue weighted by Gasteiger charge is -2.08. The fraction of sp³-hybridized carbons (Fsp3) is 0.250. The number of aromatic nitrogens is 1. The average Bonchev–Trinajstić information content (AvgIpc) is 3.17. The highest BCUT2D eigenvalue weighted by Gasteiger charge is 2.25. The third kappa shape index (κ3) is 3.08. The Morgan fingerprint density at radius 1 is 1.32 bits per heavy atom. The van der Waals surface area contributed by atoms with E-state index in [0.717, 1.165) is 36.3 Å². The molecule has 0 saturated carbocycles. The lowest BCUT2D eigenvalue weighted by Crippen LogP contribution is -2.25. The summed E-state index contributed by atoms with van der Waals surface area (Å²) in [6.07, 6.45) is 3.65. The van der Waals surface area contributed by atoms with Crippen LogP contribution in [-0.4, -0.2) is 29.3 Å². The molecule has 0 aliphatic carbocycles. The van der Waals surface area contributed by atoms with E-state index in [1.54, 1.807) is 6.42 Å². The highest BCUT2D eigenvalue weighted by atomic mass is 32.1. The van der Waals surface area contributed by atoms with E-state index < -0.39 is 5.91 Å². The third-order valence-electron chi connectivity index (χ3n) is 3.56. The first kappa shape index (κ1) is 14.9. The summed E-state index contributed by atoms with van der Waals surface area (Å²) < 4.78 is 0. The van der Waals surface area contributed by atoms with Gasteiger partial charge in [-0.15, -0.1) is 11.3 Å². The van der Waals surface area contributed by atoms with E-state index >= 15 is 0 Å². The van der Waals surface area contributed by atoms with E-state index in [-0.39, 0.29) is 16.8 Å². The molecular formula is C16H16N3O2S. The largest absolute Gasteiger partial charge is 0.364 e. The molecule has 0 spiro atoms. The van der Waals surface area contributed by atoms with Gasteiger partial charge >= 0.3 is 0 Å². The molecule has 113 valence electrons. The maximum atomic E-state index is 12.5. The van der Waals surface area contributed by atoms with E-state index in [1.165, 1.54) is 0 Å². The van der Waals surface area contributed by atoms with E-state index in [9.17, 15) is 9.59 Å². The Hall–Kier alpha value is -2.05. The lowest BCUT2D eigenvalue weighted by atomic mass is 10.0. The maximum absolute atomic E-state index is 12.5. The second kappa shape index (κ2) is 6.37. The van der Waals surface area contributed by atoms with Crippen LogP contribution in [0.3, 0.4) is 0 Å². The lowest BCUT2D eigenvalue weighted by molar-refractivity contribution is 0.1000. The molecule has 3 N–H and O–H groups in total. The van der Waals surface area contributed by atoms with Crippen molar-refractivity contribution >= 4 is 23.0 Å². The molecule has 1 fully saturated rings. The molecule has 2 heterocycles. The number of rotatable bonds is 5. The number of primary amides is 1. The Labute approximate surface area is 132 Å². The van der Waals surface area contributed by atoms with Crippen molar-refractivity contribution in [2.75, 3.05) is 6.54 Å². The van der Waals surface area contributed by atoms with Crippen molar-refractivity contribution in [3.63, 3.8) is 0 Å². The zero-order valence-electron chi connectivity index (χ0n) is 11.9. The smallest absolute Gasteiger partial charge is 0.277 e. The van der Waals surface area contributed by atoms with Gasteiger partial charge in [0.25, 0.3) is 5.91 Å². The summed E-state index contributed by atoms with van der Waals surface area (Å²) >= 11 is 1.16. The van der Waals surface area contributed by atoms with Crippen molar-refractivity contribution in [2.24, 2.45) is 5.73 Å². The fourth-order valence-corrected chi connectivity index (χ4v) is 3.42. The van der Waals surface area contributed by atoms with Gasteiger partial charge in [-0.3, -0.25) is 9.59 Å². The van der Waals surface area contributed by atoms with E-state index in [0.29, 0.717) is 10.6 Å².